The van der Waals surface area contributed by atoms with Gasteiger partial charge in [0, 0.05) is 31.4 Å². The van der Waals surface area contributed by atoms with E-state index in [4.69, 9.17) is 4.74 Å². The summed E-state index contributed by atoms with van der Waals surface area (Å²) in [7, 11) is 0. The highest BCUT2D eigenvalue weighted by molar-refractivity contribution is 5.60. The fourth-order valence-corrected chi connectivity index (χ4v) is 2.70. The van der Waals surface area contributed by atoms with Gasteiger partial charge in [-0.15, -0.1) is 0 Å². The van der Waals surface area contributed by atoms with Crippen molar-refractivity contribution >= 4 is 23.7 Å². The van der Waals surface area contributed by atoms with Crippen LogP contribution in [0, 0.1) is 5.82 Å². The number of aliphatic hydroxyl groups excluding tert-OH is 1. The van der Waals surface area contributed by atoms with Gasteiger partial charge in [-0.3, -0.25) is 0 Å². The molecule has 2 heterocycles. The van der Waals surface area contributed by atoms with Gasteiger partial charge in [-0.05, 0) is 18.2 Å². The molecular weight excluding hydrogens is 408 g/mol. The van der Waals surface area contributed by atoms with Crippen LogP contribution in [0.2, 0.25) is 0 Å². The predicted octanol–water partition coefficient (Wildman–Crippen LogP) is 2.69. The molecule has 0 spiro atoms. The Hall–Kier alpha value is -2.99. The van der Waals surface area contributed by atoms with Gasteiger partial charge in [0.25, 0.3) is 0 Å². The van der Waals surface area contributed by atoms with Crippen LogP contribution in [0.15, 0.2) is 35.6 Å². The molecule has 12 heteroatoms. The fourth-order valence-electron chi connectivity index (χ4n) is 2.70. The summed E-state index contributed by atoms with van der Waals surface area (Å²) in [6.45, 7) is 1.95. The maximum absolute atomic E-state index is 14.0. The molecule has 0 aliphatic carbocycles. The smallest absolute Gasteiger partial charge is 0.378 e. The molecule has 8 nitrogen and oxygen atoms in total. The number of ether oxygens (including phenoxy) is 1. The van der Waals surface area contributed by atoms with Gasteiger partial charge >= 0.3 is 6.18 Å². The predicted molar refractivity (Wildman–Crippen MR) is 103 cm³/mol. The van der Waals surface area contributed by atoms with Crippen molar-refractivity contribution in [2.45, 2.75) is 18.8 Å². The molecule has 0 bridgehead atoms. The van der Waals surface area contributed by atoms with Crippen molar-refractivity contribution in [1.29, 1.82) is 0 Å². The molecular formula is C18H20F4N6O2. The monoisotopic (exact) mass is 428 g/mol. The molecule has 1 aliphatic heterocycles. The van der Waals surface area contributed by atoms with E-state index in [1.807, 2.05) is 0 Å². The Kier molecular flexibility index (Phi) is 7.00. The molecule has 3 rings (SSSR count). The van der Waals surface area contributed by atoms with E-state index in [0.717, 1.165) is 18.3 Å². The summed E-state index contributed by atoms with van der Waals surface area (Å²) in [5.74, 6) is -0.362. The summed E-state index contributed by atoms with van der Waals surface area (Å²) in [6, 6.07) is 4.49. The first-order valence-electron chi connectivity index (χ1n) is 9.07. The molecule has 1 atom stereocenters. The van der Waals surface area contributed by atoms with Crippen LogP contribution in [0.3, 0.4) is 0 Å². The SMILES string of the molecule is OC(C/C=N/Nc1ncc(F)c(N2CCOCC2)n1)Nc1cccc(C(F)(F)F)c1. The summed E-state index contributed by atoms with van der Waals surface area (Å²) in [5, 5.41) is 16.3. The Morgan fingerprint density at radius 3 is 2.80 bits per heavy atom. The lowest BCUT2D eigenvalue weighted by Crippen LogP contribution is -2.37. The van der Waals surface area contributed by atoms with Gasteiger partial charge in [0.05, 0.1) is 25.0 Å². The molecule has 0 saturated carbocycles. The third-order valence-electron chi connectivity index (χ3n) is 4.14. The average Bonchev–Trinajstić information content (AvgIpc) is 2.72. The third kappa shape index (κ3) is 6.00. The van der Waals surface area contributed by atoms with Gasteiger partial charge in [0.1, 0.15) is 6.23 Å². The van der Waals surface area contributed by atoms with E-state index in [-0.39, 0.29) is 23.9 Å². The van der Waals surface area contributed by atoms with Gasteiger partial charge in [-0.2, -0.15) is 23.3 Å². The highest BCUT2D eigenvalue weighted by Gasteiger charge is 2.30. The summed E-state index contributed by atoms with van der Waals surface area (Å²) < 4.78 is 57.4. The number of benzene rings is 1. The molecule has 1 unspecified atom stereocenters. The Bertz CT molecular complexity index is 874. The molecule has 1 aromatic carbocycles. The van der Waals surface area contributed by atoms with E-state index in [1.165, 1.54) is 18.3 Å². The lowest BCUT2D eigenvalue weighted by molar-refractivity contribution is -0.137. The van der Waals surface area contributed by atoms with Crippen molar-refractivity contribution < 1.29 is 27.4 Å². The van der Waals surface area contributed by atoms with E-state index >= 15 is 0 Å². The molecule has 1 aliphatic rings. The summed E-state index contributed by atoms with van der Waals surface area (Å²) in [4.78, 5) is 9.62. The van der Waals surface area contributed by atoms with Crippen LogP contribution in [0.5, 0.6) is 0 Å². The van der Waals surface area contributed by atoms with Crippen LogP contribution < -0.4 is 15.6 Å². The fraction of sp³-hybridized carbons (Fsp3) is 0.389. The van der Waals surface area contributed by atoms with Crippen LogP contribution in [0.1, 0.15) is 12.0 Å². The molecule has 3 N–H and O–H groups in total. The number of hydrazone groups is 1. The standard InChI is InChI=1S/C18H20F4N6O2/c19-14-11-23-17(26-16(14)28-6-8-30-9-7-28)27-24-5-4-15(29)25-13-3-1-2-12(10-13)18(20,21)22/h1-3,5,10-11,15,25,29H,4,6-9H2,(H,23,26,27)/b24-5+. The van der Waals surface area contributed by atoms with E-state index in [9.17, 15) is 22.7 Å². The zero-order chi connectivity index (χ0) is 21.6. The molecule has 1 saturated heterocycles. The van der Waals surface area contributed by atoms with Crippen molar-refractivity contribution in [1.82, 2.24) is 9.97 Å². The van der Waals surface area contributed by atoms with Crippen LogP contribution in [-0.2, 0) is 10.9 Å². The van der Waals surface area contributed by atoms with E-state index in [1.54, 1.807) is 4.90 Å². The Labute approximate surface area is 169 Å². The van der Waals surface area contributed by atoms with Crippen molar-refractivity contribution in [2.75, 3.05) is 41.9 Å². The van der Waals surface area contributed by atoms with Gasteiger partial charge in [-0.1, -0.05) is 6.07 Å². The van der Waals surface area contributed by atoms with Gasteiger partial charge in [-0.25, -0.2) is 14.8 Å². The molecule has 1 fully saturated rings. The number of morpholine rings is 1. The van der Waals surface area contributed by atoms with Crippen LogP contribution in [-0.4, -0.2) is 53.8 Å². The maximum atomic E-state index is 14.0. The normalized spacial score (nSPS) is 16.0. The number of halogens is 4. The zero-order valence-electron chi connectivity index (χ0n) is 15.7. The quantitative estimate of drug-likeness (QED) is 0.270. The van der Waals surface area contributed by atoms with Gasteiger partial charge in [0.2, 0.25) is 5.95 Å². The first kappa shape index (κ1) is 21.7. The largest absolute Gasteiger partial charge is 0.416 e. The van der Waals surface area contributed by atoms with Crippen molar-refractivity contribution in [3.8, 4) is 0 Å². The van der Waals surface area contributed by atoms with E-state index < -0.39 is 23.8 Å². The number of aliphatic hydroxyl groups is 1. The topological polar surface area (TPSA) is 94.9 Å². The first-order chi connectivity index (χ1) is 14.3. The highest BCUT2D eigenvalue weighted by atomic mass is 19.4. The zero-order valence-corrected chi connectivity index (χ0v) is 15.7. The van der Waals surface area contributed by atoms with Crippen LogP contribution in [0.25, 0.3) is 0 Å². The minimum absolute atomic E-state index is 0.0131. The second kappa shape index (κ2) is 9.67. The summed E-state index contributed by atoms with van der Waals surface area (Å²) >= 11 is 0. The number of nitrogens with one attached hydrogen (secondary N) is 2. The molecule has 162 valence electrons. The lowest BCUT2D eigenvalue weighted by atomic mass is 10.2. The number of alkyl halides is 3. The molecule has 30 heavy (non-hydrogen) atoms. The number of nitrogens with zero attached hydrogens (tertiary/aromatic N) is 4. The molecule has 1 aromatic heterocycles. The number of hydrogen-bond donors (Lipinski definition) is 3. The Morgan fingerprint density at radius 1 is 1.30 bits per heavy atom. The molecule has 2 aromatic rings. The van der Waals surface area contributed by atoms with Crippen molar-refractivity contribution in [3.63, 3.8) is 0 Å². The second-order valence-electron chi connectivity index (χ2n) is 6.36. The lowest BCUT2D eigenvalue weighted by Gasteiger charge is -2.27. The minimum Gasteiger partial charge on any atom is -0.378 e. The Balaban J connectivity index is 1.52. The summed E-state index contributed by atoms with van der Waals surface area (Å²) in [6.07, 6.45) is -3.33. The Morgan fingerprint density at radius 2 is 2.07 bits per heavy atom. The van der Waals surface area contributed by atoms with Gasteiger partial charge < -0.3 is 20.1 Å². The van der Waals surface area contributed by atoms with Crippen LogP contribution in [0.4, 0.5) is 35.0 Å². The first-order valence-corrected chi connectivity index (χ1v) is 9.07. The number of aromatic nitrogens is 2. The average molecular weight is 428 g/mol. The van der Waals surface area contributed by atoms with Gasteiger partial charge in [0.15, 0.2) is 11.6 Å². The maximum Gasteiger partial charge on any atom is 0.416 e. The number of anilines is 3. The van der Waals surface area contributed by atoms with Crippen LogP contribution >= 0.6 is 0 Å². The molecule has 0 radical (unpaired) electrons. The van der Waals surface area contributed by atoms with E-state index in [0.29, 0.717) is 26.3 Å². The number of hydrogen-bond acceptors (Lipinski definition) is 8. The number of rotatable bonds is 7. The van der Waals surface area contributed by atoms with Crippen molar-refractivity contribution in [2.24, 2.45) is 5.10 Å². The summed E-state index contributed by atoms with van der Waals surface area (Å²) in [5.41, 5.74) is 1.84. The second-order valence-corrected chi connectivity index (χ2v) is 6.36. The third-order valence-corrected chi connectivity index (χ3v) is 4.14. The van der Waals surface area contributed by atoms with Crippen molar-refractivity contribution in [3.05, 3.63) is 41.8 Å². The highest BCUT2D eigenvalue weighted by Crippen LogP contribution is 2.30. The van der Waals surface area contributed by atoms with E-state index in [2.05, 4.69) is 25.8 Å². The minimum atomic E-state index is -4.47. The molecule has 0 amide bonds.